The number of para-hydroxylation sites is 1. The molecule has 0 fully saturated rings. The lowest BCUT2D eigenvalue weighted by Gasteiger charge is -2.26. The van der Waals surface area contributed by atoms with E-state index in [0.717, 1.165) is 35.9 Å². The van der Waals surface area contributed by atoms with E-state index in [9.17, 15) is 4.79 Å². The van der Waals surface area contributed by atoms with Crippen molar-refractivity contribution in [1.82, 2.24) is 20.1 Å². The van der Waals surface area contributed by atoms with Gasteiger partial charge in [0.1, 0.15) is 5.82 Å². The molecule has 162 valence electrons. The molecule has 4 aromatic rings. The van der Waals surface area contributed by atoms with Gasteiger partial charge in [0, 0.05) is 17.0 Å². The van der Waals surface area contributed by atoms with E-state index in [1.165, 1.54) is 27.8 Å². The van der Waals surface area contributed by atoms with Gasteiger partial charge in [-0.25, -0.2) is 0 Å². The minimum absolute atomic E-state index is 0.0270. The molecule has 5 nitrogen and oxygen atoms in total. The van der Waals surface area contributed by atoms with Crippen LogP contribution in [0.1, 0.15) is 40.7 Å². The first-order valence-corrected chi connectivity index (χ1v) is 12.7. The number of fused-ring (bicyclic) bond motifs is 1. The van der Waals surface area contributed by atoms with E-state index in [1.807, 2.05) is 36.4 Å². The zero-order valence-corrected chi connectivity index (χ0v) is 19.2. The zero-order valence-electron chi connectivity index (χ0n) is 17.6. The molecule has 0 radical (unpaired) electrons. The van der Waals surface area contributed by atoms with Gasteiger partial charge in [0.25, 0.3) is 0 Å². The molecule has 7 heteroatoms. The first-order valence-electron chi connectivity index (χ1n) is 10.8. The third-order valence-electron chi connectivity index (χ3n) is 5.66. The average Bonchev–Trinajstić information content (AvgIpc) is 3.49. The lowest BCUT2D eigenvalue weighted by atomic mass is 9.88. The van der Waals surface area contributed by atoms with Crippen molar-refractivity contribution < 1.29 is 4.79 Å². The van der Waals surface area contributed by atoms with Crippen molar-refractivity contribution in [2.75, 3.05) is 5.75 Å². The Morgan fingerprint density at radius 1 is 1.06 bits per heavy atom. The molecule has 1 amide bonds. The quantitative estimate of drug-likeness (QED) is 0.385. The van der Waals surface area contributed by atoms with E-state index < -0.39 is 0 Å². The predicted octanol–water partition coefficient (Wildman–Crippen LogP) is 5.21. The Morgan fingerprint density at radius 3 is 2.75 bits per heavy atom. The van der Waals surface area contributed by atoms with Crippen LogP contribution in [0.4, 0.5) is 0 Å². The van der Waals surface area contributed by atoms with Crippen LogP contribution in [0.2, 0.25) is 0 Å². The van der Waals surface area contributed by atoms with Crippen LogP contribution in [0, 0.1) is 0 Å². The first-order chi connectivity index (χ1) is 15.8. The number of rotatable bonds is 7. The third-order valence-corrected chi connectivity index (χ3v) is 7.47. The highest BCUT2D eigenvalue weighted by Gasteiger charge is 2.22. The SMILES string of the molecule is O=C(CSc1nnc(Cc2cccs2)n1-c1ccccc1)NC1CCCc2ccccc21. The molecule has 1 aliphatic rings. The fourth-order valence-electron chi connectivity index (χ4n) is 4.18. The number of carbonyl (C=O) groups is 1. The van der Waals surface area contributed by atoms with Gasteiger partial charge < -0.3 is 5.32 Å². The Balaban J connectivity index is 1.31. The van der Waals surface area contributed by atoms with Gasteiger partial charge in [-0.05, 0) is 54.0 Å². The maximum atomic E-state index is 12.8. The summed E-state index contributed by atoms with van der Waals surface area (Å²) >= 11 is 3.14. The number of aromatic nitrogens is 3. The van der Waals surface area contributed by atoms with Crippen molar-refractivity contribution in [1.29, 1.82) is 0 Å². The van der Waals surface area contributed by atoms with Gasteiger partial charge in [-0.2, -0.15) is 0 Å². The highest BCUT2D eigenvalue weighted by Crippen LogP contribution is 2.30. The van der Waals surface area contributed by atoms with Crippen LogP contribution < -0.4 is 5.32 Å². The molecule has 0 bridgehead atoms. The van der Waals surface area contributed by atoms with Gasteiger partial charge in [-0.3, -0.25) is 9.36 Å². The average molecular weight is 461 g/mol. The van der Waals surface area contributed by atoms with Crippen molar-refractivity contribution in [2.24, 2.45) is 0 Å². The van der Waals surface area contributed by atoms with Crippen molar-refractivity contribution in [3.8, 4) is 5.69 Å². The predicted molar refractivity (Wildman–Crippen MR) is 129 cm³/mol. The third kappa shape index (κ3) is 4.64. The minimum Gasteiger partial charge on any atom is -0.349 e. The summed E-state index contributed by atoms with van der Waals surface area (Å²) in [6.45, 7) is 0. The van der Waals surface area contributed by atoms with Gasteiger partial charge in [0.05, 0.1) is 11.8 Å². The van der Waals surface area contributed by atoms with Gasteiger partial charge in [-0.1, -0.05) is 60.3 Å². The highest BCUT2D eigenvalue weighted by atomic mass is 32.2. The summed E-state index contributed by atoms with van der Waals surface area (Å²) in [6.07, 6.45) is 3.89. The molecule has 0 spiro atoms. The Labute approximate surface area is 195 Å². The smallest absolute Gasteiger partial charge is 0.230 e. The van der Waals surface area contributed by atoms with Crippen molar-refractivity contribution in [2.45, 2.75) is 36.9 Å². The second-order valence-corrected chi connectivity index (χ2v) is 9.80. The number of aryl methyl sites for hydroxylation is 1. The summed E-state index contributed by atoms with van der Waals surface area (Å²) in [5.41, 5.74) is 3.61. The zero-order chi connectivity index (χ0) is 21.8. The van der Waals surface area contributed by atoms with E-state index in [-0.39, 0.29) is 11.9 Å². The fourth-order valence-corrected chi connectivity index (χ4v) is 5.67. The van der Waals surface area contributed by atoms with Crippen LogP contribution in [0.15, 0.2) is 77.3 Å². The largest absolute Gasteiger partial charge is 0.349 e. The second-order valence-electron chi connectivity index (χ2n) is 7.83. The van der Waals surface area contributed by atoms with E-state index in [2.05, 4.69) is 55.8 Å². The number of nitrogens with one attached hydrogen (secondary N) is 1. The summed E-state index contributed by atoms with van der Waals surface area (Å²) in [5.74, 6) is 1.21. The van der Waals surface area contributed by atoms with Crippen molar-refractivity contribution >= 4 is 29.0 Å². The second kappa shape index (κ2) is 9.71. The monoisotopic (exact) mass is 460 g/mol. The van der Waals surface area contributed by atoms with Gasteiger partial charge >= 0.3 is 0 Å². The first kappa shape index (κ1) is 21.0. The lowest BCUT2D eigenvalue weighted by molar-refractivity contribution is -0.119. The molecule has 1 atom stereocenters. The molecule has 1 aliphatic carbocycles. The van der Waals surface area contributed by atoms with Crippen LogP contribution in [0.5, 0.6) is 0 Å². The Hall–Kier alpha value is -2.90. The molecule has 2 aromatic carbocycles. The normalized spacial score (nSPS) is 15.3. The molecular weight excluding hydrogens is 436 g/mol. The van der Waals surface area contributed by atoms with E-state index in [1.54, 1.807) is 11.3 Å². The molecule has 0 saturated heterocycles. The summed E-state index contributed by atoms with van der Waals surface area (Å²) in [5, 5.41) is 14.9. The Morgan fingerprint density at radius 2 is 1.91 bits per heavy atom. The maximum Gasteiger partial charge on any atom is 0.230 e. The number of thiophene rings is 1. The molecule has 5 rings (SSSR count). The minimum atomic E-state index is 0.0270. The molecule has 1 unspecified atom stereocenters. The van der Waals surface area contributed by atoms with E-state index >= 15 is 0 Å². The molecule has 32 heavy (non-hydrogen) atoms. The summed E-state index contributed by atoms with van der Waals surface area (Å²) in [7, 11) is 0. The highest BCUT2D eigenvalue weighted by molar-refractivity contribution is 7.99. The topological polar surface area (TPSA) is 59.8 Å². The number of amides is 1. The van der Waals surface area contributed by atoms with Crippen LogP contribution in [-0.4, -0.2) is 26.4 Å². The molecule has 2 aromatic heterocycles. The lowest BCUT2D eigenvalue weighted by Crippen LogP contribution is -2.32. The fraction of sp³-hybridized carbons (Fsp3) is 0.240. The number of thioether (sulfide) groups is 1. The summed E-state index contributed by atoms with van der Waals surface area (Å²) in [4.78, 5) is 14.1. The van der Waals surface area contributed by atoms with Gasteiger partial charge in [-0.15, -0.1) is 21.5 Å². The molecule has 2 heterocycles. The summed E-state index contributed by atoms with van der Waals surface area (Å²) in [6, 6.07) is 22.8. The number of hydrogen-bond donors (Lipinski definition) is 1. The van der Waals surface area contributed by atoms with Crippen LogP contribution >= 0.6 is 23.1 Å². The number of carbonyl (C=O) groups excluding carboxylic acids is 1. The Bertz CT molecular complexity index is 1190. The van der Waals surface area contributed by atoms with Crippen molar-refractivity contribution in [3.05, 3.63) is 93.9 Å². The van der Waals surface area contributed by atoms with Crippen LogP contribution in [0.25, 0.3) is 5.69 Å². The number of nitrogens with zero attached hydrogens (tertiary/aromatic N) is 3. The van der Waals surface area contributed by atoms with E-state index in [4.69, 9.17) is 0 Å². The van der Waals surface area contributed by atoms with E-state index in [0.29, 0.717) is 12.2 Å². The van der Waals surface area contributed by atoms with Crippen molar-refractivity contribution in [3.63, 3.8) is 0 Å². The molecule has 0 aliphatic heterocycles. The Kier molecular flexibility index (Phi) is 6.36. The number of hydrogen-bond acceptors (Lipinski definition) is 5. The van der Waals surface area contributed by atoms with Gasteiger partial charge in [0.15, 0.2) is 5.16 Å². The van der Waals surface area contributed by atoms with Crippen LogP contribution in [0.3, 0.4) is 0 Å². The molecule has 1 N–H and O–H groups in total. The van der Waals surface area contributed by atoms with Gasteiger partial charge in [0.2, 0.25) is 5.91 Å². The maximum absolute atomic E-state index is 12.8. The standard InChI is InChI=1S/C25H24N4OS2/c30-24(26-22-14-6-9-18-8-4-5-13-21(18)22)17-32-25-28-27-23(16-20-12-7-15-31-20)29(25)19-10-2-1-3-11-19/h1-5,7-8,10-13,15,22H,6,9,14,16-17H2,(H,26,30). The molecular formula is C25H24N4OS2. The summed E-state index contributed by atoms with van der Waals surface area (Å²) < 4.78 is 2.06. The number of benzene rings is 2. The molecule has 0 saturated carbocycles. The van der Waals surface area contributed by atoms with Crippen LogP contribution in [-0.2, 0) is 17.6 Å².